The van der Waals surface area contributed by atoms with Crippen molar-refractivity contribution in [3.8, 4) is 11.1 Å². The Morgan fingerprint density at radius 2 is 1.84 bits per heavy atom. The molecule has 0 aliphatic carbocycles. The third-order valence-corrected chi connectivity index (χ3v) is 5.43. The highest BCUT2D eigenvalue weighted by molar-refractivity contribution is 6.44. The molecule has 0 radical (unpaired) electrons. The second-order valence-electron chi connectivity index (χ2n) is 5.75. The summed E-state index contributed by atoms with van der Waals surface area (Å²) in [4.78, 5) is 16.3. The van der Waals surface area contributed by atoms with E-state index in [0.717, 1.165) is 25.8 Å². The van der Waals surface area contributed by atoms with Crippen molar-refractivity contribution in [3.63, 3.8) is 0 Å². The van der Waals surface area contributed by atoms with Gasteiger partial charge in [0.25, 0.3) is 0 Å². The van der Waals surface area contributed by atoms with E-state index in [1.807, 2.05) is 4.57 Å². The van der Waals surface area contributed by atoms with Crippen molar-refractivity contribution in [1.29, 1.82) is 0 Å². The standard InChI is InChI=1S/C17H11Cl4N3O/c18-9-5-11(19)13(12(20)6-9)10-4-8(7-25)16-15(14(10)21)23-17-22-2-1-3-24(16)17/h4-7H,1-3H2,(H,22,23). The molecule has 4 rings (SSSR count). The van der Waals surface area contributed by atoms with E-state index in [1.54, 1.807) is 18.2 Å². The van der Waals surface area contributed by atoms with Gasteiger partial charge in [-0.1, -0.05) is 46.4 Å². The van der Waals surface area contributed by atoms with E-state index in [1.165, 1.54) is 0 Å². The van der Waals surface area contributed by atoms with Crippen molar-refractivity contribution in [3.05, 3.63) is 43.9 Å². The molecule has 0 amide bonds. The topological polar surface area (TPSA) is 46.9 Å². The summed E-state index contributed by atoms with van der Waals surface area (Å²) in [5.41, 5.74) is 2.83. The van der Waals surface area contributed by atoms with Crippen LogP contribution in [0, 0.1) is 0 Å². The molecular weight excluding hydrogens is 404 g/mol. The molecule has 1 aliphatic heterocycles. The molecule has 25 heavy (non-hydrogen) atoms. The molecule has 0 spiro atoms. The number of carbonyl (C=O) groups is 1. The monoisotopic (exact) mass is 413 g/mol. The summed E-state index contributed by atoms with van der Waals surface area (Å²) in [5, 5.41) is 4.77. The van der Waals surface area contributed by atoms with Crippen LogP contribution in [0.1, 0.15) is 16.8 Å². The minimum atomic E-state index is 0.359. The lowest BCUT2D eigenvalue weighted by molar-refractivity contribution is 0.112. The van der Waals surface area contributed by atoms with Gasteiger partial charge in [0.05, 0.1) is 20.6 Å². The Balaban J connectivity index is 2.07. The fraction of sp³-hybridized carbons (Fsp3) is 0.176. The van der Waals surface area contributed by atoms with E-state index in [2.05, 4.69) is 10.3 Å². The fourth-order valence-electron chi connectivity index (χ4n) is 3.17. The van der Waals surface area contributed by atoms with Gasteiger partial charge in [-0.15, -0.1) is 0 Å². The maximum Gasteiger partial charge on any atom is 0.203 e. The van der Waals surface area contributed by atoms with Crippen LogP contribution >= 0.6 is 46.4 Å². The first-order chi connectivity index (χ1) is 12.0. The lowest BCUT2D eigenvalue weighted by Gasteiger charge is -2.17. The van der Waals surface area contributed by atoms with Crippen molar-refractivity contribution in [1.82, 2.24) is 9.55 Å². The smallest absolute Gasteiger partial charge is 0.203 e. The number of carbonyl (C=O) groups excluding carboxylic acids is 1. The maximum atomic E-state index is 11.7. The van der Waals surface area contributed by atoms with Crippen LogP contribution in [-0.4, -0.2) is 22.4 Å². The molecule has 2 aromatic carbocycles. The first-order valence-corrected chi connectivity index (χ1v) is 9.09. The number of aryl methyl sites for hydroxylation is 1. The van der Waals surface area contributed by atoms with Crippen molar-refractivity contribution < 1.29 is 4.79 Å². The van der Waals surface area contributed by atoms with Gasteiger partial charge in [0, 0.05) is 34.8 Å². The zero-order chi connectivity index (χ0) is 17.7. The van der Waals surface area contributed by atoms with Gasteiger partial charge < -0.3 is 9.88 Å². The Kier molecular flexibility index (Phi) is 4.32. The van der Waals surface area contributed by atoms with Crippen molar-refractivity contribution in [2.75, 3.05) is 11.9 Å². The number of nitrogens with zero attached hydrogens (tertiary/aromatic N) is 2. The highest BCUT2D eigenvalue weighted by atomic mass is 35.5. The van der Waals surface area contributed by atoms with Crippen LogP contribution < -0.4 is 5.32 Å². The van der Waals surface area contributed by atoms with E-state index in [9.17, 15) is 4.79 Å². The third-order valence-electron chi connectivity index (χ3n) is 4.23. The second-order valence-corrected chi connectivity index (χ2v) is 7.38. The summed E-state index contributed by atoms with van der Waals surface area (Å²) < 4.78 is 1.98. The van der Waals surface area contributed by atoms with E-state index in [4.69, 9.17) is 46.4 Å². The number of hydrogen-bond acceptors (Lipinski definition) is 3. The molecule has 1 aliphatic rings. The zero-order valence-electron chi connectivity index (χ0n) is 12.7. The highest BCUT2D eigenvalue weighted by Crippen LogP contribution is 2.44. The summed E-state index contributed by atoms with van der Waals surface area (Å²) in [6, 6.07) is 4.87. The number of fused-ring (bicyclic) bond motifs is 3. The second kappa shape index (κ2) is 6.36. The molecule has 0 fully saturated rings. The van der Waals surface area contributed by atoms with Crippen molar-refractivity contribution >= 4 is 69.7 Å². The third kappa shape index (κ3) is 2.68. The Bertz CT molecular complexity index is 1010. The van der Waals surface area contributed by atoms with E-state index in [0.29, 0.717) is 53.8 Å². The number of hydrogen-bond donors (Lipinski definition) is 1. The van der Waals surface area contributed by atoms with Gasteiger partial charge in [-0.3, -0.25) is 4.79 Å². The van der Waals surface area contributed by atoms with Gasteiger partial charge in [-0.2, -0.15) is 0 Å². The molecule has 0 bridgehead atoms. The number of imidazole rings is 1. The molecule has 0 saturated heterocycles. The minimum Gasteiger partial charge on any atom is -0.356 e. The minimum absolute atomic E-state index is 0.359. The van der Waals surface area contributed by atoms with Gasteiger partial charge in [0.15, 0.2) is 6.29 Å². The molecule has 3 aromatic rings. The van der Waals surface area contributed by atoms with Crippen LogP contribution in [0.5, 0.6) is 0 Å². The van der Waals surface area contributed by atoms with Crippen LogP contribution in [0.15, 0.2) is 18.2 Å². The molecule has 1 N–H and O–H groups in total. The predicted octanol–water partition coefficient (Wildman–Crippen LogP) is 5.95. The van der Waals surface area contributed by atoms with E-state index >= 15 is 0 Å². The quantitative estimate of drug-likeness (QED) is 0.527. The highest BCUT2D eigenvalue weighted by Gasteiger charge is 2.23. The average molecular weight is 415 g/mol. The summed E-state index contributed by atoms with van der Waals surface area (Å²) >= 11 is 25.3. The van der Waals surface area contributed by atoms with Crippen LogP contribution in [0.3, 0.4) is 0 Å². The summed E-state index contributed by atoms with van der Waals surface area (Å²) in [5.74, 6) is 0.705. The van der Waals surface area contributed by atoms with Gasteiger partial charge >= 0.3 is 0 Å². The van der Waals surface area contributed by atoms with Gasteiger partial charge in [-0.05, 0) is 24.6 Å². The molecule has 0 unspecified atom stereocenters. The SMILES string of the molecule is O=Cc1cc(-c2c(Cl)cc(Cl)cc2Cl)c(Cl)c2nc3n(c12)CCCN3. The van der Waals surface area contributed by atoms with Crippen LogP contribution in [0.2, 0.25) is 20.1 Å². The number of halogens is 4. The predicted molar refractivity (Wildman–Crippen MR) is 104 cm³/mol. The number of nitrogens with one attached hydrogen (secondary N) is 1. The van der Waals surface area contributed by atoms with Crippen molar-refractivity contribution in [2.45, 2.75) is 13.0 Å². The van der Waals surface area contributed by atoms with E-state index in [-0.39, 0.29) is 0 Å². The number of aromatic nitrogens is 2. The van der Waals surface area contributed by atoms with E-state index < -0.39 is 0 Å². The molecule has 1 aromatic heterocycles. The first kappa shape index (κ1) is 17.0. The normalized spacial score (nSPS) is 13.6. The Morgan fingerprint density at radius 1 is 1.12 bits per heavy atom. The van der Waals surface area contributed by atoms with Gasteiger partial charge in [-0.25, -0.2) is 4.98 Å². The first-order valence-electron chi connectivity index (χ1n) is 7.58. The number of benzene rings is 2. The number of aldehydes is 1. The molecule has 8 heteroatoms. The molecule has 4 nitrogen and oxygen atoms in total. The Labute approximate surface area is 163 Å². The Hall–Kier alpha value is -1.46. The summed E-state index contributed by atoms with van der Waals surface area (Å²) in [6.45, 7) is 1.61. The van der Waals surface area contributed by atoms with Crippen LogP contribution in [0.25, 0.3) is 22.2 Å². The number of anilines is 1. The molecule has 128 valence electrons. The maximum absolute atomic E-state index is 11.7. The lowest BCUT2D eigenvalue weighted by Crippen LogP contribution is -2.17. The fourth-order valence-corrected chi connectivity index (χ4v) is 4.48. The van der Waals surface area contributed by atoms with Crippen LogP contribution in [0.4, 0.5) is 5.95 Å². The van der Waals surface area contributed by atoms with Crippen LogP contribution in [-0.2, 0) is 6.54 Å². The number of rotatable bonds is 2. The molecule has 0 atom stereocenters. The molecule has 2 heterocycles. The Morgan fingerprint density at radius 3 is 2.52 bits per heavy atom. The zero-order valence-corrected chi connectivity index (χ0v) is 15.8. The average Bonchev–Trinajstić information content (AvgIpc) is 2.96. The molecular formula is C17H11Cl4N3O. The lowest BCUT2D eigenvalue weighted by atomic mass is 10.0. The summed E-state index contributed by atoms with van der Waals surface area (Å²) in [7, 11) is 0. The van der Waals surface area contributed by atoms with Crippen molar-refractivity contribution in [2.24, 2.45) is 0 Å². The van der Waals surface area contributed by atoms with Gasteiger partial charge in [0.2, 0.25) is 5.95 Å². The largest absolute Gasteiger partial charge is 0.356 e. The summed E-state index contributed by atoms with van der Waals surface area (Å²) in [6.07, 6.45) is 1.74. The van der Waals surface area contributed by atoms with Gasteiger partial charge in [0.1, 0.15) is 5.52 Å². The molecule has 0 saturated carbocycles.